The van der Waals surface area contributed by atoms with Crippen LogP contribution in [0.25, 0.3) is 0 Å². The molecule has 0 unspecified atom stereocenters. The first-order valence-electron chi connectivity index (χ1n) is 7.73. The van der Waals surface area contributed by atoms with Gasteiger partial charge in [-0.05, 0) is 42.6 Å². The van der Waals surface area contributed by atoms with E-state index in [1.165, 1.54) is 0 Å². The Hall–Kier alpha value is -1.29. The van der Waals surface area contributed by atoms with Crippen LogP contribution in [0, 0.1) is 10.8 Å². The second kappa shape index (κ2) is 6.22. The minimum atomic E-state index is 0.243. The quantitative estimate of drug-likeness (QED) is 0.920. The molecule has 0 saturated heterocycles. The van der Waals surface area contributed by atoms with Crippen molar-refractivity contribution in [2.45, 2.75) is 52.6 Å². The fraction of sp³-hybridized carbons (Fsp3) is 0.706. The predicted molar refractivity (Wildman–Crippen MR) is 85.3 cm³/mol. The Morgan fingerprint density at radius 2 is 1.95 bits per heavy atom. The van der Waals surface area contributed by atoms with Gasteiger partial charge < -0.3 is 15.2 Å². The van der Waals surface area contributed by atoms with Crippen molar-refractivity contribution in [3.05, 3.63) is 18.3 Å². The number of nitrogens with two attached hydrogens (primary N) is 1. The third-order valence-electron chi connectivity index (χ3n) is 4.95. The third-order valence-corrected chi connectivity index (χ3v) is 4.95. The Bertz CT molecular complexity index is 443. The molecule has 1 aromatic rings. The third kappa shape index (κ3) is 3.67. The predicted octanol–water partition coefficient (Wildman–Crippen LogP) is 3.66. The van der Waals surface area contributed by atoms with Gasteiger partial charge >= 0.3 is 0 Å². The molecule has 2 rings (SSSR count). The van der Waals surface area contributed by atoms with Crippen LogP contribution in [0.5, 0.6) is 5.88 Å². The normalized spacial score (nSPS) is 26.6. The van der Waals surface area contributed by atoms with Gasteiger partial charge in [-0.3, -0.25) is 0 Å². The van der Waals surface area contributed by atoms with Crippen molar-refractivity contribution in [3.8, 4) is 5.88 Å². The molecule has 1 aromatic heterocycles. The second-order valence-corrected chi connectivity index (χ2v) is 7.21. The molecule has 1 heterocycles. The van der Waals surface area contributed by atoms with E-state index in [-0.39, 0.29) is 16.9 Å². The molecule has 4 nitrogen and oxygen atoms in total. The van der Waals surface area contributed by atoms with Crippen molar-refractivity contribution in [2.24, 2.45) is 10.8 Å². The van der Waals surface area contributed by atoms with Crippen molar-refractivity contribution in [2.75, 3.05) is 19.5 Å². The highest BCUT2D eigenvalue weighted by Gasteiger charge is 2.44. The molecule has 2 N–H and O–H groups in total. The minimum Gasteiger partial charge on any atom is -0.474 e. The lowest BCUT2D eigenvalue weighted by Crippen LogP contribution is -2.44. The fourth-order valence-electron chi connectivity index (χ4n) is 3.28. The van der Waals surface area contributed by atoms with E-state index in [9.17, 15) is 0 Å². The molecule has 1 aliphatic rings. The zero-order valence-electron chi connectivity index (χ0n) is 13.7. The molecule has 0 bridgehead atoms. The number of pyridine rings is 1. The summed E-state index contributed by atoms with van der Waals surface area (Å²) in [5.41, 5.74) is 6.80. The molecule has 0 aliphatic heterocycles. The molecule has 0 spiro atoms. The highest BCUT2D eigenvalue weighted by molar-refractivity contribution is 5.36. The molecule has 1 saturated carbocycles. The first kappa shape index (κ1) is 16.1. The molecule has 118 valence electrons. The van der Waals surface area contributed by atoms with Gasteiger partial charge in [0, 0.05) is 13.2 Å². The van der Waals surface area contributed by atoms with Gasteiger partial charge in [0.1, 0.15) is 6.10 Å². The average Bonchev–Trinajstić information content (AvgIpc) is 2.43. The highest BCUT2D eigenvalue weighted by Crippen LogP contribution is 2.50. The summed E-state index contributed by atoms with van der Waals surface area (Å²) in [6.45, 7) is 7.77. The zero-order valence-corrected chi connectivity index (χ0v) is 13.7. The SMILES string of the molecule is COCC1(C(C)(C)C)CCC(Oc2ccc(N)cn2)CC1. The van der Waals surface area contributed by atoms with Crippen LogP contribution in [0.1, 0.15) is 46.5 Å². The number of nitrogens with zero attached hydrogens (tertiary/aromatic N) is 1. The number of anilines is 1. The van der Waals surface area contributed by atoms with Crippen molar-refractivity contribution >= 4 is 5.69 Å². The minimum absolute atomic E-state index is 0.243. The Balaban J connectivity index is 1.97. The van der Waals surface area contributed by atoms with Crippen LogP contribution >= 0.6 is 0 Å². The Morgan fingerprint density at radius 1 is 1.29 bits per heavy atom. The molecule has 21 heavy (non-hydrogen) atoms. The van der Waals surface area contributed by atoms with E-state index in [0.29, 0.717) is 11.6 Å². The van der Waals surface area contributed by atoms with Crippen LogP contribution in [-0.2, 0) is 4.74 Å². The fourth-order valence-corrected chi connectivity index (χ4v) is 3.28. The summed E-state index contributed by atoms with van der Waals surface area (Å²) in [6.07, 6.45) is 6.24. The van der Waals surface area contributed by atoms with Crippen LogP contribution in [0.15, 0.2) is 18.3 Å². The van der Waals surface area contributed by atoms with E-state index in [1.807, 2.05) is 12.1 Å². The number of hydrogen-bond acceptors (Lipinski definition) is 4. The van der Waals surface area contributed by atoms with E-state index < -0.39 is 0 Å². The summed E-state index contributed by atoms with van der Waals surface area (Å²) in [5, 5.41) is 0. The molecule has 0 radical (unpaired) electrons. The Kier molecular flexibility index (Phi) is 4.77. The standard InChI is InChI=1S/C17H28N2O2/c1-16(2,3)17(12-20-4)9-7-14(8-10-17)21-15-6-5-13(18)11-19-15/h5-6,11,14H,7-10,12,18H2,1-4H3. The van der Waals surface area contributed by atoms with E-state index in [2.05, 4.69) is 25.8 Å². The summed E-state index contributed by atoms with van der Waals surface area (Å²) >= 11 is 0. The van der Waals surface area contributed by atoms with Gasteiger partial charge in [-0.1, -0.05) is 20.8 Å². The average molecular weight is 292 g/mol. The molecule has 1 aliphatic carbocycles. The molecular formula is C17H28N2O2. The van der Waals surface area contributed by atoms with Gasteiger partial charge in [0.05, 0.1) is 18.5 Å². The maximum Gasteiger partial charge on any atom is 0.213 e. The van der Waals surface area contributed by atoms with Gasteiger partial charge in [-0.15, -0.1) is 0 Å². The van der Waals surface area contributed by atoms with Crippen molar-refractivity contribution in [3.63, 3.8) is 0 Å². The smallest absolute Gasteiger partial charge is 0.213 e. The second-order valence-electron chi connectivity index (χ2n) is 7.21. The van der Waals surface area contributed by atoms with Gasteiger partial charge in [0.15, 0.2) is 0 Å². The first-order chi connectivity index (χ1) is 9.86. The maximum absolute atomic E-state index is 5.99. The summed E-state index contributed by atoms with van der Waals surface area (Å²) in [6, 6.07) is 3.67. The molecule has 0 atom stereocenters. The van der Waals surface area contributed by atoms with Crippen molar-refractivity contribution in [1.82, 2.24) is 4.98 Å². The summed E-state index contributed by atoms with van der Waals surface area (Å²) in [4.78, 5) is 4.22. The van der Waals surface area contributed by atoms with Crippen LogP contribution in [-0.4, -0.2) is 24.8 Å². The van der Waals surface area contributed by atoms with Gasteiger partial charge in [-0.2, -0.15) is 0 Å². The topological polar surface area (TPSA) is 57.4 Å². The largest absolute Gasteiger partial charge is 0.474 e. The summed E-state index contributed by atoms with van der Waals surface area (Å²) < 4.78 is 11.5. The van der Waals surface area contributed by atoms with E-state index in [4.69, 9.17) is 15.2 Å². The Labute approximate surface area is 128 Å². The van der Waals surface area contributed by atoms with Crippen LogP contribution in [0.4, 0.5) is 5.69 Å². The number of rotatable bonds is 4. The number of methoxy groups -OCH3 is 1. The van der Waals surface area contributed by atoms with Gasteiger partial charge in [-0.25, -0.2) is 4.98 Å². The summed E-state index contributed by atoms with van der Waals surface area (Å²) in [5.74, 6) is 0.671. The molecular weight excluding hydrogens is 264 g/mol. The molecule has 0 aromatic carbocycles. The number of hydrogen-bond donors (Lipinski definition) is 1. The monoisotopic (exact) mass is 292 g/mol. The van der Waals surface area contributed by atoms with Crippen LogP contribution in [0.3, 0.4) is 0 Å². The lowest BCUT2D eigenvalue weighted by molar-refractivity contribution is -0.0560. The Morgan fingerprint density at radius 3 is 2.43 bits per heavy atom. The first-order valence-corrected chi connectivity index (χ1v) is 7.73. The lowest BCUT2D eigenvalue weighted by atomic mass is 9.59. The highest BCUT2D eigenvalue weighted by atomic mass is 16.5. The van der Waals surface area contributed by atoms with E-state index >= 15 is 0 Å². The zero-order chi connectivity index (χ0) is 15.5. The van der Waals surface area contributed by atoms with Gasteiger partial charge in [0.2, 0.25) is 5.88 Å². The van der Waals surface area contributed by atoms with Crippen molar-refractivity contribution in [1.29, 1.82) is 0 Å². The van der Waals surface area contributed by atoms with Crippen molar-refractivity contribution < 1.29 is 9.47 Å². The van der Waals surface area contributed by atoms with Gasteiger partial charge in [0.25, 0.3) is 0 Å². The molecule has 4 heteroatoms. The number of nitrogen functional groups attached to an aromatic ring is 1. The molecule has 0 amide bonds. The number of aromatic nitrogens is 1. The maximum atomic E-state index is 5.99. The van der Waals surface area contributed by atoms with E-state index in [0.717, 1.165) is 32.3 Å². The van der Waals surface area contributed by atoms with Crippen LogP contribution in [0.2, 0.25) is 0 Å². The molecule has 1 fully saturated rings. The van der Waals surface area contributed by atoms with E-state index in [1.54, 1.807) is 13.3 Å². The lowest BCUT2D eigenvalue weighted by Gasteiger charge is -2.48. The number of ether oxygens (including phenoxy) is 2. The summed E-state index contributed by atoms with van der Waals surface area (Å²) in [7, 11) is 1.80. The van der Waals surface area contributed by atoms with Crippen LogP contribution < -0.4 is 10.5 Å².